The van der Waals surface area contributed by atoms with Gasteiger partial charge in [-0.15, -0.1) is 23.2 Å². The molecule has 2 saturated heterocycles. The first-order chi connectivity index (χ1) is 7.61. The van der Waals surface area contributed by atoms with Gasteiger partial charge in [-0.25, -0.2) is 0 Å². The van der Waals surface area contributed by atoms with Crippen LogP contribution in [0.3, 0.4) is 0 Å². The number of fused-ring (bicyclic) bond motifs is 2. The molecule has 0 radical (unpaired) electrons. The van der Waals surface area contributed by atoms with E-state index in [1.54, 1.807) is 6.92 Å². The van der Waals surface area contributed by atoms with Gasteiger partial charge in [-0.2, -0.15) is 5.26 Å². The Bertz CT molecular complexity index is 343. The molecule has 16 heavy (non-hydrogen) atoms. The van der Waals surface area contributed by atoms with Crippen LogP contribution in [0.5, 0.6) is 0 Å². The molecule has 0 aromatic carbocycles. The van der Waals surface area contributed by atoms with Crippen LogP contribution >= 0.6 is 23.2 Å². The van der Waals surface area contributed by atoms with Crippen LogP contribution in [0.2, 0.25) is 0 Å². The van der Waals surface area contributed by atoms with Crippen molar-refractivity contribution in [2.45, 2.75) is 29.9 Å². The Morgan fingerprint density at radius 3 is 2.62 bits per heavy atom. The molecule has 2 bridgehead atoms. The van der Waals surface area contributed by atoms with Crippen LogP contribution in [0.25, 0.3) is 0 Å². The predicted molar refractivity (Wildman–Crippen MR) is 57.2 cm³/mol. The van der Waals surface area contributed by atoms with Crippen LogP contribution in [0.4, 0.5) is 0 Å². The fraction of sp³-hybridized carbons (Fsp3) is 0.800. The van der Waals surface area contributed by atoms with Crippen LogP contribution in [0.15, 0.2) is 0 Å². The second kappa shape index (κ2) is 4.40. The number of carbonyl (C=O) groups excluding carboxylic acids is 1. The summed E-state index contributed by atoms with van der Waals surface area (Å²) >= 11 is 12.1. The molecule has 2 heterocycles. The van der Waals surface area contributed by atoms with Gasteiger partial charge in [0.1, 0.15) is 5.92 Å². The molecular formula is C10H11Cl2NO3. The van der Waals surface area contributed by atoms with E-state index in [0.29, 0.717) is 0 Å². The van der Waals surface area contributed by atoms with Crippen molar-refractivity contribution >= 4 is 29.2 Å². The molecule has 2 aliphatic heterocycles. The zero-order chi connectivity index (χ0) is 11.9. The summed E-state index contributed by atoms with van der Waals surface area (Å²) < 4.78 is 10.4. The van der Waals surface area contributed by atoms with Crippen molar-refractivity contribution in [3.63, 3.8) is 0 Å². The summed E-state index contributed by atoms with van der Waals surface area (Å²) in [6.07, 6.45) is -0.966. The maximum atomic E-state index is 11.7. The van der Waals surface area contributed by atoms with E-state index in [1.807, 2.05) is 0 Å². The van der Waals surface area contributed by atoms with Gasteiger partial charge in [0.15, 0.2) is 0 Å². The van der Waals surface area contributed by atoms with Crippen LogP contribution in [0, 0.1) is 23.2 Å². The predicted octanol–water partition coefficient (Wildman–Crippen LogP) is 1.30. The average Bonchev–Trinajstić information content (AvgIpc) is 2.77. The van der Waals surface area contributed by atoms with Gasteiger partial charge >= 0.3 is 5.97 Å². The van der Waals surface area contributed by atoms with E-state index in [0.717, 1.165) is 0 Å². The highest BCUT2D eigenvalue weighted by atomic mass is 35.5. The third kappa shape index (κ3) is 1.58. The maximum Gasteiger partial charge on any atom is 0.313 e. The van der Waals surface area contributed by atoms with Gasteiger partial charge in [-0.1, -0.05) is 0 Å². The van der Waals surface area contributed by atoms with Gasteiger partial charge in [-0.05, 0) is 6.92 Å². The van der Waals surface area contributed by atoms with Crippen LogP contribution in [-0.2, 0) is 14.3 Å². The third-order valence-corrected chi connectivity index (χ3v) is 4.22. The Hall–Kier alpha value is -0.500. The largest absolute Gasteiger partial charge is 0.466 e. The lowest BCUT2D eigenvalue weighted by Gasteiger charge is -2.27. The average molecular weight is 264 g/mol. The lowest BCUT2D eigenvalue weighted by atomic mass is 9.79. The highest BCUT2D eigenvalue weighted by molar-refractivity contribution is 6.31. The van der Waals surface area contributed by atoms with E-state index in [2.05, 4.69) is 6.07 Å². The Morgan fingerprint density at radius 1 is 1.44 bits per heavy atom. The number of nitrogens with zero attached hydrogens (tertiary/aromatic N) is 1. The van der Waals surface area contributed by atoms with Gasteiger partial charge < -0.3 is 9.47 Å². The lowest BCUT2D eigenvalue weighted by molar-refractivity contribution is -0.150. The third-order valence-electron chi connectivity index (χ3n) is 3.05. The van der Waals surface area contributed by atoms with Gasteiger partial charge in [-0.3, -0.25) is 4.79 Å². The summed E-state index contributed by atoms with van der Waals surface area (Å²) in [5.74, 6) is -1.58. The maximum absolute atomic E-state index is 11.7. The molecule has 6 atom stereocenters. The molecule has 0 saturated carbocycles. The van der Waals surface area contributed by atoms with Crippen molar-refractivity contribution in [3.8, 4) is 6.07 Å². The first-order valence-corrected chi connectivity index (χ1v) is 5.99. The number of ether oxygens (including phenoxy) is 2. The van der Waals surface area contributed by atoms with Crippen molar-refractivity contribution in [3.05, 3.63) is 0 Å². The van der Waals surface area contributed by atoms with Gasteiger partial charge in [0.25, 0.3) is 0 Å². The minimum absolute atomic E-state index is 0.280. The molecule has 6 unspecified atom stereocenters. The number of halogens is 2. The molecule has 0 amide bonds. The SMILES string of the molecule is CCOC(=O)C1C(C#N)C2OC1C(Cl)C2Cl. The highest BCUT2D eigenvalue weighted by Crippen LogP contribution is 2.48. The standard InChI is InChI=1S/C10H11Cl2NO3/c1-2-15-10(14)5-4(3-13)8-6(11)7(12)9(5)16-8/h4-9H,2H2,1H3. The number of rotatable bonds is 2. The second-order valence-corrected chi connectivity index (χ2v) is 4.89. The second-order valence-electron chi connectivity index (χ2n) is 3.89. The summed E-state index contributed by atoms with van der Waals surface area (Å²) in [6, 6.07) is 2.07. The smallest absolute Gasteiger partial charge is 0.313 e. The van der Waals surface area contributed by atoms with E-state index in [9.17, 15) is 4.79 Å². The monoisotopic (exact) mass is 263 g/mol. The molecule has 88 valence electrons. The van der Waals surface area contributed by atoms with E-state index >= 15 is 0 Å². The van der Waals surface area contributed by atoms with Crippen LogP contribution in [-0.4, -0.2) is 35.5 Å². The lowest BCUT2D eigenvalue weighted by Crippen LogP contribution is -2.44. The zero-order valence-electron chi connectivity index (χ0n) is 8.60. The van der Waals surface area contributed by atoms with Crippen molar-refractivity contribution in [2.24, 2.45) is 11.8 Å². The molecule has 6 heteroatoms. The molecule has 0 aliphatic carbocycles. The van der Waals surface area contributed by atoms with Crippen molar-refractivity contribution < 1.29 is 14.3 Å². The summed E-state index contributed by atoms with van der Waals surface area (Å²) in [5, 5.41) is 8.19. The number of carbonyl (C=O) groups is 1. The number of alkyl halides is 2. The van der Waals surface area contributed by atoms with Crippen LogP contribution < -0.4 is 0 Å². The Morgan fingerprint density at radius 2 is 2.06 bits per heavy atom. The Balaban J connectivity index is 2.20. The molecule has 2 aliphatic rings. The molecule has 0 aromatic heterocycles. The Labute approximate surface area is 103 Å². The molecule has 0 aromatic rings. The first kappa shape index (κ1) is 12.0. The minimum atomic E-state index is -0.604. The van der Waals surface area contributed by atoms with E-state index in [-0.39, 0.29) is 6.61 Å². The van der Waals surface area contributed by atoms with Gasteiger partial charge in [0.05, 0.1) is 41.6 Å². The molecule has 4 nitrogen and oxygen atoms in total. The summed E-state index contributed by atoms with van der Waals surface area (Å²) in [6.45, 7) is 2.00. The molecule has 2 fully saturated rings. The summed E-state index contributed by atoms with van der Waals surface area (Å²) in [5.41, 5.74) is 0. The number of hydrogen-bond donors (Lipinski definition) is 0. The normalized spacial score (nSPS) is 45.4. The molecule has 0 spiro atoms. The fourth-order valence-corrected chi connectivity index (χ4v) is 3.06. The van der Waals surface area contributed by atoms with Crippen LogP contribution in [0.1, 0.15) is 6.92 Å². The van der Waals surface area contributed by atoms with Crippen molar-refractivity contribution in [2.75, 3.05) is 6.61 Å². The van der Waals surface area contributed by atoms with Crippen molar-refractivity contribution in [1.82, 2.24) is 0 Å². The summed E-state index contributed by atoms with van der Waals surface area (Å²) in [7, 11) is 0. The Kier molecular flexibility index (Phi) is 3.29. The van der Waals surface area contributed by atoms with E-state index in [4.69, 9.17) is 37.9 Å². The molecular weight excluding hydrogens is 253 g/mol. The number of esters is 1. The van der Waals surface area contributed by atoms with Gasteiger partial charge in [0, 0.05) is 0 Å². The topological polar surface area (TPSA) is 59.3 Å². The minimum Gasteiger partial charge on any atom is -0.466 e. The summed E-state index contributed by atoms with van der Waals surface area (Å²) in [4.78, 5) is 11.7. The highest BCUT2D eigenvalue weighted by Gasteiger charge is 2.62. The quantitative estimate of drug-likeness (QED) is 0.557. The molecule has 0 N–H and O–H groups in total. The molecule has 2 rings (SSSR count). The first-order valence-electron chi connectivity index (χ1n) is 5.11. The van der Waals surface area contributed by atoms with E-state index < -0.39 is 40.8 Å². The van der Waals surface area contributed by atoms with E-state index in [1.165, 1.54) is 0 Å². The number of nitriles is 1. The number of hydrogen-bond acceptors (Lipinski definition) is 4. The fourth-order valence-electron chi connectivity index (χ4n) is 2.34. The zero-order valence-corrected chi connectivity index (χ0v) is 10.1. The van der Waals surface area contributed by atoms with Gasteiger partial charge in [0.2, 0.25) is 0 Å². The van der Waals surface area contributed by atoms with Crippen molar-refractivity contribution in [1.29, 1.82) is 5.26 Å².